The highest BCUT2D eigenvalue weighted by Gasteiger charge is 2.24. The number of hydrogen-bond donors (Lipinski definition) is 0. The summed E-state index contributed by atoms with van der Waals surface area (Å²) in [6.45, 7) is 4.42. The SMILES string of the molecule is Cc1cc(C(=O)Cn2cnc3ccc([N+](=O)[O-])cc3c2=O)c(C)n1CC1COc2ccccc2O1. The Labute approximate surface area is 199 Å². The zero-order valence-corrected chi connectivity index (χ0v) is 19.1. The van der Waals surface area contributed by atoms with Crippen LogP contribution in [0.5, 0.6) is 11.5 Å². The number of benzene rings is 2. The van der Waals surface area contributed by atoms with Gasteiger partial charge in [0.25, 0.3) is 11.2 Å². The van der Waals surface area contributed by atoms with Crippen molar-refractivity contribution in [1.82, 2.24) is 14.1 Å². The summed E-state index contributed by atoms with van der Waals surface area (Å²) in [4.78, 5) is 40.7. The fourth-order valence-corrected chi connectivity index (χ4v) is 4.33. The largest absolute Gasteiger partial charge is 0.486 e. The van der Waals surface area contributed by atoms with E-state index in [1.807, 2.05) is 42.7 Å². The first-order chi connectivity index (χ1) is 16.8. The highest BCUT2D eigenvalue weighted by Crippen LogP contribution is 2.31. The Morgan fingerprint density at radius 1 is 1.17 bits per heavy atom. The van der Waals surface area contributed by atoms with Gasteiger partial charge in [-0.1, -0.05) is 12.1 Å². The third kappa shape index (κ3) is 4.14. The molecule has 5 rings (SSSR count). The van der Waals surface area contributed by atoms with Crippen molar-refractivity contribution in [3.05, 3.63) is 92.3 Å². The molecule has 10 nitrogen and oxygen atoms in total. The number of aromatic nitrogens is 3. The smallest absolute Gasteiger partial charge is 0.270 e. The summed E-state index contributed by atoms with van der Waals surface area (Å²) in [5.74, 6) is 1.13. The van der Waals surface area contributed by atoms with Crippen molar-refractivity contribution in [2.45, 2.75) is 33.0 Å². The number of aryl methyl sites for hydroxylation is 1. The molecule has 1 atom stereocenters. The van der Waals surface area contributed by atoms with Gasteiger partial charge in [0.1, 0.15) is 6.61 Å². The van der Waals surface area contributed by atoms with Gasteiger partial charge in [-0.25, -0.2) is 4.98 Å². The third-order valence-electron chi connectivity index (χ3n) is 6.16. The van der Waals surface area contributed by atoms with Crippen LogP contribution >= 0.6 is 0 Å². The fraction of sp³-hybridized carbons (Fsp3) is 0.240. The maximum atomic E-state index is 13.2. The van der Waals surface area contributed by atoms with Crippen molar-refractivity contribution in [2.75, 3.05) is 6.61 Å². The summed E-state index contributed by atoms with van der Waals surface area (Å²) in [5.41, 5.74) is 1.75. The van der Waals surface area contributed by atoms with Crippen LogP contribution in [0, 0.1) is 24.0 Å². The minimum Gasteiger partial charge on any atom is -0.486 e. The number of Topliss-reactive ketones (excluding diaryl/α,β-unsaturated/α-hetero) is 1. The number of nitro benzene ring substituents is 1. The van der Waals surface area contributed by atoms with E-state index in [9.17, 15) is 19.7 Å². The van der Waals surface area contributed by atoms with Gasteiger partial charge in [0.15, 0.2) is 23.4 Å². The topological polar surface area (TPSA) is 118 Å². The van der Waals surface area contributed by atoms with E-state index in [0.717, 1.165) is 11.4 Å². The predicted octanol–water partition coefficient (Wildman–Crippen LogP) is 3.45. The number of rotatable bonds is 6. The summed E-state index contributed by atoms with van der Waals surface area (Å²) in [7, 11) is 0. The Kier molecular flexibility index (Phi) is 5.56. The van der Waals surface area contributed by atoms with E-state index in [0.29, 0.717) is 35.7 Å². The monoisotopic (exact) mass is 474 g/mol. The molecular weight excluding hydrogens is 452 g/mol. The van der Waals surface area contributed by atoms with E-state index in [1.165, 1.54) is 29.1 Å². The molecule has 3 heterocycles. The molecule has 2 aromatic heterocycles. The van der Waals surface area contributed by atoms with Crippen molar-refractivity contribution in [3.8, 4) is 11.5 Å². The predicted molar refractivity (Wildman–Crippen MR) is 127 cm³/mol. The van der Waals surface area contributed by atoms with Gasteiger partial charge in [-0.15, -0.1) is 0 Å². The van der Waals surface area contributed by atoms with Gasteiger partial charge in [-0.3, -0.25) is 24.3 Å². The molecule has 0 saturated heterocycles. The van der Waals surface area contributed by atoms with Crippen LogP contribution in [-0.4, -0.2) is 37.5 Å². The van der Waals surface area contributed by atoms with Gasteiger partial charge < -0.3 is 14.0 Å². The van der Waals surface area contributed by atoms with Crippen molar-refractivity contribution < 1.29 is 19.2 Å². The van der Waals surface area contributed by atoms with Gasteiger partial charge >= 0.3 is 0 Å². The number of carbonyl (C=O) groups excluding carboxylic acids is 1. The standard InChI is InChI=1S/C25H22N4O6/c1-15-9-19(16(2)28(15)11-18-13-34-23-5-3-4-6-24(23)35-18)22(30)12-27-14-26-21-8-7-17(29(32)33)10-20(21)25(27)31/h3-10,14,18H,11-13H2,1-2H3. The molecule has 4 aromatic rings. The van der Waals surface area contributed by atoms with Crippen LogP contribution in [-0.2, 0) is 13.1 Å². The van der Waals surface area contributed by atoms with Crippen LogP contribution in [0.3, 0.4) is 0 Å². The Morgan fingerprint density at radius 3 is 2.71 bits per heavy atom. The summed E-state index contributed by atoms with van der Waals surface area (Å²) in [6, 6.07) is 13.2. The molecule has 0 N–H and O–H groups in total. The number of nitrogens with zero attached hydrogens (tertiary/aromatic N) is 4. The van der Waals surface area contributed by atoms with Crippen LogP contribution in [0.2, 0.25) is 0 Å². The average molecular weight is 474 g/mol. The maximum Gasteiger partial charge on any atom is 0.270 e. The molecule has 178 valence electrons. The number of nitro groups is 1. The number of carbonyl (C=O) groups is 1. The molecule has 0 radical (unpaired) electrons. The Hall–Kier alpha value is -4.47. The molecule has 1 aliphatic rings. The zero-order valence-electron chi connectivity index (χ0n) is 19.1. The van der Waals surface area contributed by atoms with E-state index in [2.05, 4.69) is 4.98 Å². The van der Waals surface area contributed by atoms with E-state index in [1.54, 1.807) is 6.07 Å². The minimum absolute atomic E-state index is 0.0923. The summed E-state index contributed by atoms with van der Waals surface area (Å²) in [5, 5.41) is 11.2. The van der Waals surface area contributed by atoms with Crippen LogP contribution in [0.1, 0.15) is 21.7 Å². The Balaban J connectivity index is 1.38. The number of fused-ring (bicyclic) bond motifs is 2. The normalized spacial score (nSPS) is 14.7. The Morgan fingerprint density at radius 2 is 1.94 bits per heavy atom. The zero-order chi connectivity index (χ0) is 24.7. The number of ketones is 1. The first-order valence-electron chi connectivity index (χ1n) is 11.0. The fourth-order valence-electron chi connectivity index (χ4n) is 4.33. The second-order valence-electron chi connectivity index (χ2n) is 8.45. The molecule has 0 spiro atoms. The second-order valence-corrected chi connectivity index (χ2v) is 8.45. The maximum absolute atomic E-state index is 13.2. The quantitative estimate of drug-likeness (QED) is 0.239. The highest BCUT2D eigenvalue weighted by atomic mass is 16.6. The number of para-hydroxylation sites is 2. The van der Waals surface area contributed by atoms with Gasteiger partial charge in [-0.05, 0) is 38.1 Å². The van der Waals surface area contributed by atoms with E-state index in [4.69, 9.17) is 9.47 Å². The van der Waals surface area contributed by atoms with Gasteiger partial charge in [-0.2, -0.15) is 0 Å². The first kappa shape index (κ1) is 22.3. The Bertz CT molecular complexity index is 1540. The van der Waals surface area contributed by atoms with Gasteiger partial charge in [0, 0.05) is 29.1 Å². The van der Waals surface area contributed by atoms with Crippen molar-refractivity contribution in [2.24, 2.45) is 0 Å². The van der Waals surface area contributed by atoms with Crippen LogP contribution in [0.15, 0.2) is 59.7 Å². The van der Waals surface area contributed by atoms with E-state index in [-0.39, 0.29) is 29.5 Å². The van der Waals surface area contributed by atoms with Crippen LogP contribution in [0.4, 0.5) is 5.69 Å². The molecule has 1 aliphatic heterocycles. The molecule has 10 heteroatoms. The molecule has 35 heavy (non-hydrogen) atoms. The highest BCUT2D eigenvalue weighted by molar-refractivity contribution is 5.97. The molecular formula is C25H22N4O6. The van der Waals surface area contributed by atoms with Crippen LogP contribution in [0.25, 0.3) is 10.9 Å². The number of non-ortho nitro benzene ring substituents is 1. The number of ether oxygens (including phenoxy) is 2. The lowest BCUT2D eigenvalue weighted by molar-refractivity contribution is -0.384. The molecule has 0 saturated carbocycles. The molecule has 0 bridgehead atoms. The van der Waals surface area contributed by atoms with E-state index >= 15 is 0 Å². The molecule has 0 aliphatic carbocycles. The second kappa shape index (κ2) is 8.71. The summed E-state index contributed by atoms with van der Waals surface area (Å²) in [6.07, 6.45) is 1.07. The lowest BCUT2D eigenvalue weighted by Crippen LogP contribution is -2.33. The van der Waals surface area contributed by atoms with E-state index < -0.39 is 10.5 Å². The van der Waals surface area contributed by atoms with Crippen molar-refractivity contribution in [3.63, 3.8) is 0 Å². The molecule has 0 fully saturated rings. The summed E-state index contributed by atoms with van der Waals surface area (Å²) < 4.78 is 15.0. The van der Waals surface area contributed by atoms with Crippen molar-refractivity contribution >= 4 is 22.4 Å². The lowest BCUT2D eigenvalue weighted by Gasteiger charge is -2.27. The van der Waals surface area contributed by atoms with Gasteiger partial charge in [0.05, 0.1) is 35.2 Å². The lowest BCUT2D eigenvalue weighted by atomic mass is 10.1. The number of hydrogen-bond acceptors (Lipinski definition) is 7. The van der Waals surface area contributed by atoms with Crippen molar-refractivity contribution in [1.29, 1.82) is 0 Å². The molecule has 2 aromatic carbocycles. The summed E-state index contributed by atoms with van der Waals surface area (Å²) >= 11 is 0. The third-order valence-corrected chi connectivity index (χ3v) is 6.16. The molecule has 1 unspecified atom stereocenters. The van der Waals surface area contributed by atoms with Gasteiger partial charge in [0.2, 0.25) is 0 Å². The first-order valence-corrected chi connectivity index (χ1v) is 11.0. The molecule has 0 amide bonds. The van der Waals surface area contributed by atoms with Crippen LogP contribution < -0.4 is 15.0 Å². The minimum atomic E-state index is -0.574. The average Bonchev–Trinajstić information content (AvgIpc) is 3.14.